The number of amides is 1. The standard InChI is InChI=1S/C29H34N2O3/c1-20(2)30(21(3)4)15-16-34-27-14-12-25(18-28(27)33-5)31-19-24-17-23(11-13-26(24)29(31)32)22-9-7-6-8-10-22/h6-14,17-18,20-21H,15-16,19H2,1-5H3. The highest BCUT2D eigenvalue weighted by atomic mass is 16.5. The molecule has 5 heteroatoms. The van der Waals surface area contributed by atoms with E-state index in [2.05, 4.69) is 50.8 Å². The number of carbonyl (C=O) groups excluding carboxylic acids is 1. The Balaban J connectivity index is 1.49. The first-order chi connectivity index (χ1) is 16.4. The molecule has 0 saturated heterocycles. The highest BCUT2D eigenvalue weighted by molar-refractivity contribution is 6.10. The molecule has 0 unspecified atom stereocenters. The van der Waals surface area contributed by atoms with Crippen LogP contribution >= 0.6 is 0 Å². The summed E-state index contributed by atoms with van der Waals surface area (Å²) in [6.07, 6.45) is 0. The van der Waals surface area contributed by atoms with Crippen molar-refractivity contribution in [2.45, 2.75) is 46.3 Å². The fraction of sp³-hybridized carbons (Fsp3) is 0.345. The summed E-state index contributed by atoms with van der Waals surface area (Å²) in [4.78, 5) is 17.3. The molecular weight excluding hydrogens is 424 g/mol. The van der Waals surface area contributed by atoms with E-state index in [1.807, 2.05) is 48.5 Å². The van der Waals surface area contributed by atoms with Gasteiger partial charge in [-0.1, -0.05) is 36.4 Å². The number of hydrogen-bond donors (Lipinski definition) is 0. The zero-order valence-corrected chi connectivity index (χ0v) is 20.7. The van der Waals surface area contributed by atoms with Gasteiger partial charge >= 0.3 is 0 Å². The summed E-state index contributed by atoms with van der Waals surface area (Å²) in [5, 5.41) is 0. The Kier molecular flexibility index (Phi) is 7.23. The maximum absolute atomic E-state index is 13.2. The molecule has 5 nitrogen and oxygen atoms in total. The van der Waals surface area contributed by atoms with Gasteiger partial charge in [-0.2, -0.15) is 0 Å². The average Bonchev–Trinajstić information content (AvgIpc) is 3.17. The minimum absolute atomic E-state index is 0.00911. The van der Waals surface area contributed by atoms with E-state index in [0.717, 1.165) is 34.5 Å². The van der Waals surface area contributed by atoms with Gasteiger partial charge in [0.05, 0.1) is 13.7 Å². The van der Waals surface area contributed by atoms with E-state index in [9.17, 15) is 4.79 Å². The summed E-state index contributed by atoms with van der Waals surface area (Å²) in [7, 11) is 1.63. The number of anilines is 1. The molecule has 1 aliphatic rings. The van der Waals surface area contributed by atoms with Gasteiger partial charge in [-0.25, -0.2) is 0 Å². The Morgan fingerprint density at radius 3 is 2.29 bits per heavy atom. The number of ether oxygens (including phenoxy) is 2. The highest BCUT2D eigenvalue weighted by Gasteiger charge is 2.29. The second-order valence-corrected chi connectivity index (χ2v) is 9.24. The number of benzene rings is 3. The number of rotatable bonds is 9. The summed E-state index contributed by atoms with van der Waals surface area (Å²) >= 11 is 0. The smallest absolute Gasteiger partial charge is 0.258 e. The quantitative estimate of drug-likeness (QED) is 0.393. The third-order valence-electron chi connectivity index (χ3n) is 6.41. The third kappa shape index (κ3) is 4.95. The van der Waals surface area contributed by atoms with Crippen LogP contribution in [0.1, 0.15) is 43.6 Å². The van der Waals surface area contributed by atoms with Gasteiger partial charge in [0.25, 0.3) is 5.91 Å². The molecule has 3 aromatic rings. The summed E-state index contributed by atoms with van der Waals surface area (Å²) in [5.74, 6) is 1.33. The molecular formula is C29H34N2O3. The summed E-state index contributed by atoms with van der Waals surface area (Å²) in [6, 6.07) is 22.9. The van der Waals surface area contributed by atoms with E-state index in [1.165, 1.54) is 0 Å². The van der Waals surface area contributed by atoms with Gasteiger partial charge in [0.15, 0.2) is 11.5 Å². The van der Waals surface area contributed by atoms with Gasteiger partial charge in [0, 0.05) is 35.9 Å². The maximum atomic E-state index is 13.2. The Morgan fingerprint density at radius 2 is 1.62 bits per heavy atom. The summed E-state index contributed by atoms with van der Waals surface area (Å²) in [5.41, 5.74) is 4.85. The van der Waals surface area contributed by atoms with Crippen LogP contribution in [0.2, 0.25) is 0 Å². The number of hydrogen-bond acceptors (Lipinski definition) is 4. The lowest BCUT2D eigenvalue weighted by molar-refractivity contribution is 0.0996. The van der Waals surface area contributed by atoms with Crippen molar-refractivity contribution in [1.82, 2.24) is 4.90 Å². The molecule has 0 atom stereocenters. The summed E-state index contributed by atoms with van der Waals surface area (Å²) in [6.45, 7) is 10.7. The first-order valence-electron chi connectivity index (χ1n) is 12.0. The Labute approximate surface area is 202 Å². The molecule has 1 heterocycles. The first-order valence-corrected chi connectivity index (χ1v) is 12.0. The van der Waals surface area contributed by atoms with Gasteiger partial charge in [0.2, 0.25) is 0 Å². The highest BCUT2D eigenvalue weighted by Crippen LogP contribution is 2.36. The molecule has 1 aliphatic heterocycles. The van der Waals surface area contributed by atoms with Crippen LogP contribution in [0.25, 0.3) is 11.1 Å². The van der Waals surface area contributed by atoms with Crippen molar-refractivity contribution in [3.8, 4) is 22.6 Å². The van der Waals surface area contributed by atoms with Crippen LogP contribution in [-0.4, -0.2) is 43.2 Å². The lowest BCUT2D eigenvalue weighted by Crippen LogP contribution is -2.39. The van der Waals surface area contributed by atoms with Crippen molar-refractivity contribution in [3.63, 3.8) is 0 Å². The van der Waals surface area contributed by atoms with Crippen LogP contribution in [0.4, 0.5) is 5.69 Å². The summed E-state index contributed by atoms with van der Waals surface area (Å²) < 4.78 is 11.7. The Bertz CT molecular complexity index is 1130. The second kappa shape index (κ2) is 10.3. The molecule has 0 aliphatic carbocycles. The lowest BCUT2D eigenvalue weighted by Gasteiger charge is -2.30. The van der Waals surface area contributed by atoms with Crippen LogP contribution < -0.4 is 14.4 Å². The average molecular weight is 459 g/mol. The van der Waals surface area contributed by atoms with E-state index in [-0.39, 0.29) is 5.91 Å². The molecule has 0 aromatic heterocycles. The van der Waals surface area contributed by atoms with Crippen molar-refractivity contribution < 1.29 is 14.3 Å². The van der Waals surface area contributed by atoms with Gasteiger partial charge < -0.3 is 14.4 Å². The van der Waals surface area contributed by atoms with Crippen LogP contribution in [0, 0.1) is 0 Å². The van der Waals surface area contributed by atoms with Gasteiger partial charge in [0.1, 0.15) is 6.61 Å². The zero-order chi connectivity index (χ0) is 24.2. The molecule has 4 rings (SSSR count). The number of carbonyl (C=O) groups is 1. The molecule has 0 fully saturated rings. The van der Waals surface area contributed by atoms with E-state index in [1.54, 1.807) is 12.0 Å². The minimum atomic E-state index is 0.00911. The van der Waals surface area contributed by atoms with Crippen molar-refractivity contribution >= 4 is 11.6 Å². The fourth-order valence-electron chi connectivity index (χ4n) is 4.66. The molecule has 0 radical (unpaired) electrons. The Hall–Kier alpha value is -3.31. The largest absolute Gasteiger partial charge is 0.493 e. The predicted molar refractivity (Wildman–Crippen MR) is 138 cm³/mol. The molecule has 0 spiro atoms. The zero-order valence-electron chi connectivity index (χ0n) is 20.7. The number of nitrogens with zero attached hydrogens (tertiary/aromatic N) is 2. The van der Waals surface area contributed by atoms with Gasteiger partial charge in [-0.3, -0.25) is 9.69 Å². The van der Waals surface area contributed by atoms with Crippen LogP contribution in [0.3, 0.4) is 0 Å². The molecule has 0 bridgehead atoms. The normalized spacial score (nSPS) is 13.2. The monoisotopic (exact) mass is 458 g/mol. The topological polar surface area (TPSA) is 42.0 Å². The first kappa shape index (κ1) is 23.8. The maximum Gasteiger partial charge on any atom is 0.258 e. The molecule has 178 valence electrons. The fourth-order valence-corrected chi connectivity index (χ4v) is 4.66. The second-order valence-electron chi connectivity index (χ2n) is 9.24. The minimum Gasteiger partial charge on any atom is -0.493 e. The van der Waals surface area contributed by atoms with Gasteiger partial charge in [-0.15, -0.1) is 0 Å². The predicted octanol–water partition coefficient (Wildman–Crippen LogP) is 6.02. The third-order valence-corrected chi connectivity index (χ3v) is 6.41. The van der Waals surface area contributed by atoms with E-state index in [4.69, 9.17) is 9.47 Å². The van der Waals surface area contributed by atoms with Crippen molar-refractivity contribution in [2.24, 2.45) is 0 Å². The van der Waals surface area contributed by atoms with Crippen molar-refractivity contribution in [1.29, 1.82) is 0 Å². The number of fused-ring (bicyclic) bond motifs is 1. The van der Waals surface area contributed by atoms with Crippen LogP contribution in [-0.2, 0) is 6.54 Å². The van der Waals surface area contributed by atoms with Gasteiger partial charge in [-0.05, 0) is 68.7 Å². The molecule has 34 heavy (non-hydrogen) atoms. The van der Waals surface area contributed by atoms with E-state index < -0.39 is 0 Å². The lowest BCUT2D eigenvalue weighted by atomic mass is 10.0. The molecule has 1 amide bonds. The van der Waals surface area contributed by atoms with Crippen LogP contribution in [0.15, 0.2) is 66.7 Å². The number of methoxy groups -OCH3 is 1. The van der Waals surface area contributed by atoms with E-state index >= 15 is 0 Å². The SMILES string of the molecule is COc1cc(N2Cc3cc(-c4ccccc4)ccc3C2=O)ccc1OCCN(C(C)C)C(C)C. The van der Waals surface area contributed by atoms with Crippen molar-refractivity contribution in [3.05, 3.63) is 77.9 Å². The van der Waals surface area contributed by atoms with Crippen molar-refractivity contribution in [2.75, 3.05) is 25.2 Å². The van der Waals surface area contributed by atoms with E-state index in [0.29, 0.717) is 36.7 Å². The van der Waals surface area contributed by atoms with Crippen LogP contribution in [0.5, 0.6) is 11.5 Å². The molecule has 0 saturated carbocycles. The molecule has 3 aromatic carbocycles. The molecule has 0 N–H and O–H groups in total. The Morgan fingerprint density at radius 1 is 0.882 bits per heavy atom.